The van der Waals surface area contributed by atoms with Gasteiger partial charge in [0.05, 0.1) is 16.3 Å². The minimum atomic E-state index is -0.413. The van der Waals surface area contributed by atoms with Crippen LogP contribution in [0.3, 0.4) is 0 Å². The standard InChI is InChI=1S/C21H24N4O2S3/c1-21-13-28-12-18(26)25(21)16(11-29-21)19(27)23-20-22-15-7-8-24(10-17(15)30-20)9-14-5-3-2-4-6-14/h2-6,16H,7-13H2,1H3,(H,22,23,27)/t16-,21+/m1/s1. The maximum atomic E-state index is 13.0. The molecule has 0 radical (unpaired) electrons. The number of fused-ring (bicyclic) bond motifs is 2. The molecule has 0 aliphatic carbocycles. The Morgan fingerprint density at radius 3 is 3.00 bits per heavy atom. The average Bonchev–Trinajstić information content (AvgIpc) is 3.29. The lowest BCUT2D eigenvalue weighted by molar-refractivity contribution is -0.138. The summed E-state index contributed by atoms with van der Waals surface area (Å²) in [6.07, 6.45) is 0.897. The quantitative estimate of drug-likeness (QED) is 0.757. The second-order valence-corrected chi connectivity index (χ2v) is 11.7. The van der Waals surface area contributed by atoms with E-state index in [1.54, 1.807) is 39.8 Å². The zero-order valence-corrected chi connectivity index (χ0v) is 19.2. The summed E-state index contributed by atoms with van der Waals surface area (Å²) >= 11 is 4.93. The van der Waals surface area contributed by atoms with Gasteiger partial charge in [0.1, 0.15) is 6.04 Å². The largest absolute Gasteiger partial charge is 0.314 e. The van der Waals surface area contributed by atoms with Gasteiger partial charge in [0.2, 0.25) is 11.8 Å². The van der Waals surface area contributed by atoms with Crippen molar-refractivity contribution in [3.8, 4) is 0 Å². The van der Waals surface area contributed by atoms with Gasteiger partial charge in [-0.3, -0.25) is 14.5 Å². The summed E-state index contributed by atoms with van der Waals surface area (Å²) in [5.74, 6) is 1.93. The molecule has 6 nitrogen and oxygen atoms in total. The summed E-state index contributed by atoms with van der Waals surface area (Å²) in [6, 6.07) is 10.1. The number of benzene rings is 1. The van der Waals surface area contributed by atoms with Crippen molar-refractivity contribution < 1.29 is 9.59 Å². The molecule has 2 fully saturated rings. The minimum absolute atomic E-state index is 0.0638. The number of thiazole rings is 1. The van der Waals surface area contributed by atoms with Crippen LogP contribution in [-0.2, 0) is 29.1 Å². The molecular weight excluding hydrogens is 436 g/mol. The molecule has 0 bridgehead atoms. The number of anilines is 1. The first-order chi connectivity index (χ1) is 14.5. The van der Waals surface area contributed by atoms with Crippen LogP contribution in [-0.4, -0.2) is 61.3 Å². The summed E-state index contributed by atoms with van der Waals surface area (Å²) in [5.41, 5.74) is 2.40. The zero-order valence-electron chi connectivity index (χ0n) is 16.8. The first-order valence-corrected chi connectivity index (χ1v) is 13.1. The van der Waals surface area contributed by atoms with Crippen LogP contribution in [0.2, 0.25) is 0 Å². The Morgan fingerprint density at radius 2 is 2.17 bits per heavy atom. The lowest BCUT2D eigenvalue weighted by Crippen LogP contribution is -2.56. The number of hydrogen-bond acceptors (Lipinski definition) is 7. The van der Waals surface area contributed by atoms with Crippen molar-refractivity contribution >= 4 is 51.8 Å². The molecule has 9 heteroatoms. The highest BCUT2D eigenvalue weighted by Gasteiger charge is 2.51. The number of amides is 2. The Morgan fingerprint density at radius 1 is 1.33 bits per heavy atom. The molecule has 3 aliphatic heterocycles. The molecule has 4 heterocycles. The highest BCUT2D eigenvalue weighted by Crippen LogP contribution is 2.44. The second-order valence-electron chi connectivity index (χ2n) is 8.08. The number of rotatable bonds is 4. The van der Waals surface area contributed by atoms with E-state index in [0.717, 1.165) is 37.5 Å². The molecule has 1 aromatic carbocycles. The predicted molar refractivity (Wildman–Crippen MR) is 124 cm³/mol. The van der Waals surface area contributed by atoms with Gasteiger partial charge in [-0.1, -0.05) is 30.3 Å². The van der Waals surface area contributed by atoms with Crippen LogP contribution >= 0.6 is 34.9 Å². The lowest BCUT2D eigenvalue weighted by Gasteiger charge is -2.40. The number of nitrogens with one attached hydrogen (secondary N) is 1. The highest BCUT2D eigenvalue weighted by atomic mass is 32.2. The van der Waals surface area contributed by atoms with E-state index >= 15 is 0 Å². The second kappa shape index (κ2) is 8.18. The SMILES string of the molecule is C[C@]12CSCC(=O)N1[C@@H](C(=O)Nc1nc3c(s1)CN(Cc1ccccc1)CC3)CS2. The van der Waals surface area contributed by atoms with Crippen molar-refractivity contribution in [1.29, 1.82) is 0 Å². The fourth-order valence-corrected chi connectivity index (χ4v) is 8.09. The first kappa shape index (κ1) is 20.4. The van der Waals surface area contributed by atoms with Crippen molar-refractivity contribution in [3.63, 3.8) is 0 Å². The molecule has 2 atom stereocenters. The minimum Gasteiger partial charge on any atom is -0.314 e. The van der Waals surface area contributed by atoms with Crippen LogP contribution in [0.25, 0.3) is 0 Å². The number of aromatic nitrogens is 1. The summed E-state index contributed by atoms with van der Waals surface area (Å²) in [6.45, 7) is 4.82. The molecule has 0 unspecified atom stereocenters. The Kier molecular flexibility index (Phi) is 5.55. The van der Waals surface area contributed by atoms with Gasteiger partial charge in [0.15, 0.2) is 5.13 Å². The predicted octanol–water partition coefficient (Wildman–Crippen LogP) is 3.05. The zero-order chi connectivity index (χ0) is 20.7. The molecule has 30 heavy (non-hydrogen) atoms. The third-order valence-corrected chi connectivity index (χ3v) is 9.67. The molecular formula is C21H24N4O2S3. The van der Waals surface area contributed by atoms with Crippen LogP contribution in [0.5, 0.6) is 0 Å². The fraction of sp³-hybridized carbons (Fsp3) is 0.476. The van der Waals surface area contributed by atoms with E-state index in [9.17, 15) is 9.59 Å². The van der Waals surface area contributed by atoms with Gasteiger partial charge in [-0.2, -0.15) is 0 Å². The van der Waals surface area contributed by atoms with E-state index in [1.165, 1.54) is 10.4 Å². The van der Waals surface area contributed by atoms with Gasteiger partial charge in [-0.05, 0) is 12.5 Å². The average molecular weight is 461 g/mol. The summed E-state index contributed by atoms with van der Waals surface area (Å²) in [7, 11) is 0. The van der Waals surface area contributed by atoms with Gasteiger partial charge >= 0.3 is 0 Å². The normalized spacial score (nSPS) is 26.4. The number of carbonyl (C=O) groups excluding carboxylic acids is 2. The summed E-state index contributed by atoms with van der Waals surface area (Å²) in [4.78, 5) is 35.4. The molecule has 2 saturated heterocycles. The third kappa shape index (κ3) is 3.88. The molecule has 2 aromatic rings. The maximum absolute atomic E-state index is 13.0. The fourth-order valence-electron chi connectivity index (χ4n) is 4.34. The summed E-state index contributed by atoms with van der Waals surface area (Å²) in [5, 5.41) is 3.67. The number of carbonyl (C=O) groups is 2. The molecule has 5 rings (SSSR count). The Balaban J connectivity index is 1.25. The number of nitrogens with zero attached hydrogens (tertiary/aromatic N) is 3. The molecule has 3 aliphatic rings. The number of hydrogen-bond donors (Lipinski definition) is 1. The van der Waals surface area contributed by atoms with Crippen LogP contribution < -0.4 is 5.32 Å². The van der Waals surface area contributed by atoms with Crippen LogP contribution in [0.1, 0.15) is 23.1 Å². The van der Waals surface area contributed by atoms with Crippen LogP contribution in [0.15, 0.2) is 30.3 Å². The van der Waals surface area contributed by atoms with Gasteiger partial charge in [-0.25, -0.2) is 4.98 Å². The van der Waals surface area contributed by atoms with Gasteiger partial charge in [-0.15, -0.1) is 34.9 Å². The van der Waals surface area contributed by atoms with Gasteiger partial charge < -0.3 is 10.2 Å². The lowest BCUT2D eigenvalue weighted by atomic mass is 10.1. The Bertz CT molecular complexity index is 966. The van der Waals surface area contributed by atoms with E-state index in [4.69, 9.17) is 0 Å². The van der Waals surface area contributed by atoms with E-state index in [1.807, 2.05) is 6.07 Å². The Labute approximate surface area is 188 Å². The van der Waals surface area contributed by atoms with Gasteiger partial charge in [0.25, 0.3) is 0 Å². The molecule has 1 aromatic heterocycles. The van der Waals surface area contributed by atoms with E-state index < -0.39 is 6.04 Å². The topological polar surface area (TPSA) is 65.5 Å². The van der Waals surface area contributed by atoms with Crippen molar-refractivity contribution in [3.05, 3.63) is 46.5 Å². The molecule has 2 amide bonds. The maximum Gasteiger partial charge on any atom is 0.249 e. The van der Waals surface area contributed by atoms with E-state index in [2.05, 4.69) is 46.4 Å². The highest BCUT2D eigenvalue weighted by molar-refractivity contribution is 8.04. The molecule has 158 valence electrons. The van der Waals surface area contributed by atoms with Gasteiger partial charge in [0, 0.05) is 42.4 Å². The van der Waals surface area contributed by atoms with E-state index in [-0.39, 0.29) is 16.7 Å². The van der Waals surface area contributed by atoms with Crippen molar-refractivity contribution in [2.75, 3.05) is 29.1 Å². The molecule has 0 spiro atoms. The van der Waals surface area contributed by atoms with Crippen molar-refractivity contribution in [1.82, 2.24) is 14.8 Å². The first-order valence-electron chi connectivity index (χ1n) is 10.1. The van der Waals surface area contributed by atoms with E-state index in [0.29, 0.717) is 16.6 Å². The summed E-state index contributed by atoms with van der Waals surface area (Å²) < 4.78 is 0. The molecule has 0 saturated carbocycles. The monoisotopic (exact) mass is 460 g/mol. The smallest absolute Gasteiger partial charge is 0.249 e. The number of thioether (sulfide) groups is 2. The van der Waals surface area contributed by atoms with Crippen molar-refractivity contribution in [2.24, 2.45) is 0 Å². The van der Waals surface area contributed by atoms with Crippen LogP contribution in [0, 0.1) is 0 Å². The van der Waals surface area contributed by atoms with Crippen molar-refractivity contribution in [2.45, 2.75) is 37.3 Å². The third-order valence-electron chi connectivity index (χ3n) is 5.83. The Hall–Kier alpha value is -1.55. The van der Waals surface area contributed by atoms with Crippen LogP contribution in [0.4, 0.5) is 5.13 Å². The molecule has 1 N–H and O–H groups in total.